The zero-order chi connectivity index (χ0) is 29.0. The van der Waals surface area contributed by atoms with Gasteiger partial charge in [-0.1, -0.05) is 147 Å². The van der Waals surface area contributed by atoms with Crippen molar-refractivity contribution in [2.45, 2.75) is 181 Å². The molecule has 3 nitrogen and oxygen atoms in total. The predicted octanol–water partition coefficient (Wildman–Crippen LogP) is 13.0. The molecule has 0 saturated carbocycles. The predicted molar refractivity (Wildman–Crippen MR) is 176 cm³/mol. The Morgan fingerprint density at radius 2 is 0.700 bits per heavy atom. The highest BCUT2D eigenvalue weighted by Crippen LogP contribution is 2.11. The fourth-order valence-corrected chi connectivity index (χ4v) is 4.79. The lowest BCUT2D eigenvalue weighted by atomic mass is 10.1. The average Bonchev–Trinajstić information content (AvgIpc) is 2.96. The molecule has 0 atom stereocenters. The van der Waals surface area contributed by atoms with Crippen LogP contribution in [-0.4, -0.2) is 19.4 Å². The molecule has 0 unspecified atom stereocenters. The van der Waals surface area contributed by atoms with Crippen LogP contribution in [0.1, 0.15) is 181 Å². The summed E-state index contributed by atoms with van der Waals surface area (Å²) in [6, 6.07) is 0. The Morgan fingerprint density at radius 3 is 1.12 bits per heavy atom. The monoisotopic (exact) mass is 561 g/mol. The molecular weight excluding hydrogens is 492 g/mol. The van der Waals surface area contributed by atoms with Gasteiger partial charge in [-0.25, -0.2) is 4.79 Å². The second-order valence-corrected chi connectivity index (χ2v) is 11.5. The Bertz CT molecular complexity index is 578. The van der Waals surface area contributed by atoms with E-state index in [9.17, 15) is 4.79 Å². The van der Waals surface area contributed by atoms with Crippen LogP contribution < -0.4 is 0 Å². The van der Waals surface area contributed by atoms with Crippen LogP contribution in [-0.2, 0) is 9.47 Å². The summed E-state index contributed by atoms with van der Waals surface area (Å²) in [5.41, 5.74) is 0. The molecule has 0 spiro atoms. The van der Waals surface area contributed by atoms with Gasteiger partial charge in [-0.15, -0.1) is 0 Å². The van der Waals surface area contributed by atoms with Crippen LogP contribution in [0.4, 0.5) is 4.79 Å². The van der Waals surface area contributed by atoms with Crippen LogP contribution in [0.3, 0.4) is 0 Å². The van der Waals surface area contributed by atoms with Crippen LogP contribution in [0, 0.1) is 0 Å². The highest BCUT2D eigenvalue weighted by molar-refractivity contribution is 5.59. The summed E-state index contributed by atoms with van der Waals surface area (Å²) in [6.45, 7) is 5.50. The van der Waals surface area contributed by atoms with Gasteiger partial charge in [0.2, 0.25) is 0 Å². The quantitative estimate of drug-likeness (QED) is 0.0480. The van der Waals surface area contributed by atoms with E-state index < -0.39 is 6.16 Å². The first-order valence-electron chi connectivity index (χ1n) is 17.6. The van der Waals surface area contributed by atoms with Gasteiger partial charge in [0.25, 0.3) is 0 Å². The maximum atomic E-state index is 11.7. The minimum absolute atomic E-state index is 0.487. The lowest BCUT2D eigenvalue weighted by Crippen LogP contribution is -2.09. The Balaban J connectivity index is 3.25. The molecule has 0 aliphatic heterocycles. The number of rotatable bonds is 31. The Labute approximate surface area is 250 Å². The van der Waals surface area contributed by atoms with Crippen molar-refractivity contribution in [3.63, 3.8) is 0 Å². The molecule has 0 amide bonds. The van der Waals surface area contributed by atoms with E-state index in [1.165, 1.54) is 135 Å². The summed E-state index contributed by atoms with van der Waals surface area (Å²) >= 11 is 0. The Hall–Kier alpha value is -1.51. The van der Waals surface area contributed by atoms with Crippen molar-refractivity contribution >= 4 is 6.16 Å². The second kappa shape index (κ2) is 35.5. The number of carbonyl (C=O) groups excluding carboxylic acids is 1. The zero-order valence-corrected chi connectivity index (χ0v) is 27.0. The van der Waals surface area contributed by atoms with Gasteiger partial charge in [0.1, 0.15) is 0 Å². The van der Waals surface area contributed by atoms with Gasteiger partial charge in [-0.3, -0.25) is 0 Å². The molecular formula is C37H68O3. The van der Waals surface area contributed by atoms with Crippen LogP contribution in [0.25, 0.3) is 0 Å². The number of allylic oxidation sites excluding steroid dienone is 6. The van der Waals surface area contributed by atoms with E-state index >= 15 is 0 Å². The van der Waals surface area contributed by atoms with Gasteiger partial charge in [0.15, 0.2) is 0 Å². The van der Waals surface area contributed by atoms with E-state index in [0.717, 1.165) is 32.1 Å². The molecule has 0 saturated heterocycles. The van der Waals surface area contributed by atoms with Crippen molar-refractivity contribution in [2.75, 3.05) is 13.2 Å². The van der Waals surface area contributed by atoms with Crippen LogP contribution in [0.2, 0.25) is 0 Å². The van der Waals surface area contributed by atoms with Gasteiger partial charge >= 0.3 is 6.16 Å². The molecule has 0 radical (unpaired) electrons. The summed E-state index contributed by atoms with van der Waals surface area (Å²) in [6.07, 6.45) is 46.0. The third kappa shape index (κ3) is 34.5. The first-order valence-corrected chi connectivity index (χ1v) is 17.6. The fraction of sp³-hybridized carbons (Fsp3) is 0.811. The molecule has 40 heavy (non-hydrogen) atoms. The number of unbranched alkanes of at least 4 members (excludes halogenated alkanes) is 21. The molecule has 0 aromatic carbocycles. The average molecular weight is 561 g/mol. The maximum Gasteiger partial charge on any atom is 0.508 e. The summed E-state index contributed by atoms with van der Waals surface area (Å²) in [5, 5.41) is 0. The number of hydrogen-bond acceptors (Lipinski definition) is 3. The van der Waals surface area contributed by atoms with E-state index in [0.29, 0.717) is 13.2 Å². The van der Waals surface area contributed by atoms with E-state index in [2.05, 4.69) is 50.3 Å². The van der Waals surface area contributed by atoms with Crippen molar-refractivity contribution in [3.8, 4) is 0 Å². The normalized spacial score (nSPS) is 11.8. The highest BCUT2D eigenvalue weighted by atomic mass is 16.7. The first kappa shape index (κ1) is 38.5. The third-order valence-corrected chi connectivity index (χ3v) is 7.44. The summed E-state index contributed by atoms with van der Waals surface area (Å²) in [5.74, 6) is 0. The smallest absolute Gasteiger partial charge is 0.434 e. The standard InChI is InChI=1S/C37H68O3/c1-3-5-7-9-11-13-15-17-19-21-23-25-27-29-31-33-35-39-37(38)40-36-34-32-30-28-26-24-22-20-18-16-14-12-10-8-6-4-2/h11,13,17-20H,3-10,12,14-16,21-36H2,1-2H3/b13-11-,19-17-,20-18+. The minimum Gasteiger partial charge on any atom is -0.434 e. The van der Waals surface area contributed by atoms with Gasteiger partial charge in [0, 0.05) is 0 Å². The van der Waals surface area contributed by atoms with Crippen molar-refractivity contribution in [1.82, 2.24) is 0 Å². The van der Waals surface area contributed by atoms with Crippen LogP contribution in [0.5, 0.6) is 0 Å². The Morgan fingerprint density at radius 1 is 0.400 bits per heavy atom. The summed E-state index contributed by atoms with van der Waals surface area (Å²) < 4.78 is 10.4. The molecule has 0 heterocycles. The number of ether oxygens (including phenoxy) is 2. The second-order valence-electron chi connectivity index (χ2n) is 11.5. The van der Waals surface area contributed by atoms with E-state index in [1.54, 1.807) is 0 Å². The minimum atomic E-state index is -0.490. The van der Waals surface area contributed by atoms with Crippen molar-refractivity contribution < 1.29 is 14.3 Å². The fourth-order valence-electron chi connectivity index (χ4n) is 4.79. The molecule has 0 aromatic rings. The first-order chi connectivity index (χ1) is 19.8. The molecule has 0 N–H and O–H groups in total. The van der Waals surface area contributed by atoms with Crippen molar-refractivity contribution in [1.29, 1.82) is 0 Å². The third-order valence-electron chi connectivity index (χ3n) is 7.44. The molecule has 0 rings (SSSR count). The SMILES string of the molecule is CCCCC/C=C\C/C=C\CCCCCCCCOC(=O)OCCCCCCCC/C=C/CCCCCCCC. The molecule has 3 heteroatoms. The molecule has 0 aliphatic carbocycles. The molecule has 0 bridgehead atoms. The van der Waals surface area contributed by atoms with Crippen molar-refractivity contribution in [2.24, 2.45) is 0 Å². The highest BCUT2D eigenvalue weighted by Gasteiger charge is 2.03. The van der Waals surface area contributed by atoms with Gasteiger partial charge in [-0.2, -0.15) is 0 Å². The van der Waals surface area contributed by atoms with E-state index in [4.69, 9.17) is 9.47 Å². The molecule has 0 fully saturated rings. The largest absolute Gasteiger partial charge is 0.508 e. The number of hydrogen-bond donors (Lipinski definition) is 0. The van der Waals surface area contributed by atoms with E-state index in [-0.39, 0.29) is 0 Å². The lowest BCUT2D eigenvalue weighted by molar-refractivity contribution is 0.0529. The van der Waals surface area contributed by atoms with Gasteiger partial charge < -0.3 is 9.47 Å². The molecule has 234 valence electrons. The molecule has 0 aromatic heterocycles. The molecule has 0 aliphatic rings. The van der Waals surface area contributed by atoms with Crippen LogP contribution >= 0.6 is 0 Å². The Kier molecular flexibility index (Phi) is 34.2. The van der Waals surface area contributed by atoms with Gasteiger partial charge in [-0.05, 0) is 70.6 Å². The number of carbonyl (C=O) groups is 1. The van der Waals surface area contributed by atoms with Gasteiger partial charge in [0.05, 0.1) is 13.2 Å². The van der Waals surface area contributed by atoms with Crippen molar-refractivity contribution in [3.05, 3.63) is 36.5 Å². The maximum absolute atomic E-state index is 11.7. The summed E-state index contributed by atoms with van der Waals surface area (Å²) in [7, 11) is 0. The van der Waals surface area contributed by atoms with E-state index in [1.807, 2.05) is 0 Å². The topological polar surface area (TPSA) is 35.5 Å². The zero-order valence-electron chi connectivity index (χ0n) is 27.0. The summed E-state index contributed by atoms with van der Waals surface area (Å²) in [4.78, 5) is 11.7. The van der Waals surface area contributed by atoms with Crippen LogP contribution in [0.15, 0.2) is 36.5 Å². The lowest BCUT2D eigenvalue weighted by Gasteiger charge is -2.06.